The van der Waals surface area contributed by atoms with Crippen LogP contribution in [0.15, 0.2) is 10.9 Å². The highest BCUT2D eigenvalue weighted by Gasteiger charge is 2.39. The fraction of sp³-hybridized carbons (Fsp3) is 0.688. The Labute approximate surface area is 139 Å². The summed E-state index contributed by atoms with van der Waals surface area (Å²) >= 11 is 1.45. The Morgan fingerprint density at radius 2 is 1.91 bits per heavy atom. The number of nitrogens with zero attached hydrogens (tertiary/aromatic N) is 3. The van der Waals surface area contributed by atoms with Crippen molar-refractivity contribution in [1.29, 1.82) is 0 Å². The maximum Gasteiger partial charge on any atom is 0.273 e. The van der Waals surface area contributed by atoms with Gasteiger partial charge in [-0.25, -0.2) is 4.98 Å². The minimum Gasteiger partial charge on any atom is -0.381 e. The van der Waals surface area contributed by atoms with E-state index >= 15 is 0 Å². The third-order valence-corrected chi connectivity index (χ3v) is 5.70. The molecule has 1 aromatic heterocycles. The molecule has 4 rings (SSSR count). The molecule has 3 aliphatic heterocycles. The van der Waals surface area contributed by atoms with Crippen LogP contribution in [0.1, 0.15) is 23.3 Å². The summed E-state index contributed by atoms with van der Waals surface area (Å²) in [5.74, 6) is 1.09. The number of carbonyl (C=O) groups excluding carboxylic acids is 2. The number of rotatable bonds is 2. The van der Waals surface area contributed by atoms with Gasteiger partial charge in [0.1, 0.15) is 5.69 Å². The van der Waals surface area contributed by atoms with E-state index in [1.54, 1.807) is 5.51 Å². The van der Waals surface area contributed by atoms with E-state index in [0.717, 1.165) is 39.0 Å². The van der Waals surface area contributed by atoms with Gasteiger partial charge in [-0.3, -0.25) is 9.59 Å². The van der Waals surface area contributed by atoms with Gasteiger partial charge in [-0.05, 0) is 24.7 Å². The van der Waals surface area contributed by atoms with Crippen LogP contribution in [-0.4, -0.2) is 66.0 Å². The second kappa shape index (κ2) is 6.20. The summed E-state index contributed by atoms with van der Waals surface area (Å²) < 4.78 is 5.35. The normalized spacial score (nSPS) is 30.5. The molecule has 3 unspecified atom stereocenters. The van der Waals surface area contributed by atoms with Crippen molar-refractivity contribution in [3.05, 3.63) is 16.6 Å². The SMILES string of the molecule is O=C(c1cscn1)N1CC2CC(C1)CN(C(=O)C1CCOC1)C2. The molecule has 0 N–H and O–H groups in total. The van der Waals surface area contributed by atoms with E-state index in [0.29, 0.717) is 30.7 Å². The van der Waals surface area contributed by atoms with Crippen molar-refractivity contribution in [3.63, 3.8) is 0 Å². The number of thiazole rings is 1. The number of carbonyl (C=O) groups is 2. The Morgan fingerprint density at radius 3 is 2.52 bits per heavy atom. The van der Waals surface area contributed by atoms with Crippen molar-refractivity contribution in [2.45, 2.75) is 12.8 Å². The topological polar surface area (TPSA) is 62.7 Å². The number of ether oxygens (including phenoxy) is 1. The van der Waals surface area contributed by atoms with E-state index in [-0.39, 0.29) is 17.7 Å². The van der Waals surface area contributed by atoms with Gasteiger partial charge in [-0.1, -0.05) is 0 Å². The minimum absolute atomic E-state index is 0.0323. The van der Waals surface area contributed by atoms with Gasteiger partial charge in [0.15, 0.2) is 0 Å². The Morgan fingerprint density at radius 1 is 1.17 bits per heavy atom. The lowest BCUT2D eigenvalue weighted by Gasteiger charge is -2.46. The molecule has 0 aromatic carbocycles. The van der Waals surface area contributed by atoms with Crippen LogP contribution >= 0.6 is 11.3 Å². The maximum atomic E-state index is 12.6. The number of aromatic nitrogens is 1. The Hall–Kier alpha value is -1.47. The Kier molecular flexibility index (Phi) is 4.07. The molecule has 1 aromatic rings. The molecule has 3 saturated heterocycles. The smallest absolute Gasteiger partial charge is 0.273 e. The van der Waals surface area contributed by atoms with Crippen molar-refractivity contribution in [1.82, 2.24) is 14.8 Å². The van der Waals surface area contributed by atoms with Crippen LogP contribution in [0, 0.1) is 17.8 Å². The molecular weight excluding hydrogens is 314 g/mol. The van der Waals surface area contributed by atoms with E-state index in [4.69, 9.17) is 4.74 Å². The third kappa shape index (κ3) is 2.99. The van der Waals surface area contributed by atoms with E-state index in [2.05, 4.69) is 4.98 Å². The molecule has 2 amide bonds. The first-order valence-corrected chi connectivity index (χ1v) is 9.19. The predicted octanol–water partition coefficient (Wildman–Crippen LogP) is 1.10. The van der Waals surface area contributed by atoms with Gasteiger partial charge in [0.25, 0.3) is 5.91 Å². The second-order valence-corrected chi connectivity index (χ2v) is 7.57. The van der Waals surface area contributed by atoms with Crippen LogP contribution in [0.4, 0.5) is 0 Å². The van der Waals surface area contributed by atoms with Crippen molar-refractivity contribution in [2.24, 2.45) is 17.8 Å². The first-order valence-electron chi connectivity index (χ1n) is 8.24. The van der Waals surface area contributed by atoms with Crippen molar-refractivity contribution >= 4 is 23.2 Å². The fourth-order valence-electron chi connectivity index (χ4n) is 4.09. The molecule has 3 fully saturated rings. The first-order chi connectivity index (χ1) is 11.2. The van der Waals surface area contributed by atoms with Gasteiger partial charge in [-0.2, -0.15) is 0 Å². The molecule has 0 aliphatic carbocycles. The maximum absolute atomic E-state index is 12.6. The molecule has 23 heavy (non-hydrogen) atoms. The molecule has 2 bridgehead atoms. The lowest BCUT2D eigenvalue weighted by molar-refractivity contribution is -0.139. The quantitative estimate of drug-likeness (QED) is 0.812. The zero-order valence-electron chi connectivity index (χ0n) is 13.0. The molecule has 7 heteroatoms. The Balaban J connectivity index is 1.40. The van der Waals surface area contributed by atoms with Gasteiger partial charge in [0.2, 0.25) is 5.91 Å². The molecule has 6 nitrogen and oxygen atoms in total. The highest BCUT2D eigenvalue weighted by molar-refractivity contribution is 7.07. The van der Waals surface area contributed by atoms with Crippen molar-refractivity contribution in [2.75, 3.05) is 39.4 Å². The second-order valence-electron chi connectivity index (χ2n) is 6.86. The molecule has 0 spiro atoms. The molecule has 3 atom stereocenters. The fourth-order valence-corrected chi connectivity index (χ4v) is 4.62. The number of fused-ring (bicyclic) bond motifs is 2. The van der Waals surface area contributed by atoms with Crippen LogP contribution in [0.5, 0.6) is 0 Å². The zero-order valence-corrected chi connectivity index (χ0v) is 13.8. The zero-order chi connectivity index (χ0) is 15.8. The van der Waals surface area contributed by atoms with E-state index in [1.807, 2.05) is 15.2 Å². The lowest BCUT2D eigenvalue weighted by atomic mass is 9.84. The summed E-state index contributed by atoms with van der Waals surface area (Å²) in [7, 11) is 0. The van der Waals surface area contributed by atoms with Crippen LogP contribution in [0.2, 0.25) is 0 Å². The monoisotopic (exact) mass is 335 g/mol. The largest absolute Gasteiger partial charge is 0.381 e. The molecule has 4 heterocycles. The summed E-state index contributed by atoms with van der Waals surface area (Å²) in [6, 6.07) is 0. The van der Waals surface area contributed by atoms with E-state index in [1.165, 1.54) is 11.3 Å². The van der Waals surface area contributed by atoms with Crippen LogP contribution in [0.25, 0.3) is 0 Å². The van der Waals surface area contributed by atoms with E-state index < -0.39 is 0 Å². The number of hydrogen-bond donors (Lipinski definition) is 0. The van der Waals surface area contributed by atoms with Gasteiger partial charge in [-0.15, -0.1) is 11.3 Å². The third-order valence-electron chi connectivity index (χ3n) is 5.11. The summed E-state index contributed by atoms with van der Waals surface area (Å²) in [6.07, 6.45) is 1.96. The summed E-state index contributed by atoms with van der Waals surface area (Å²) in [6.45, 7) is 4.28. The van der Waals surface area contributed by atoms with Crippen molar-refractivity contribution in [3.8, 4) is 0 Å². The number of piperidine rings is 2. The standard InChI is InChI=1S/C16H21N3O3S/c20-15(13-1-2-22-8-13)18-4-11-3-12(5-18)7-19(6-11)16(21)14-9-23-10-17-14/h9-13H,1-8H2. The van der Waals surface area contributed by atoms with Crippen LogP contribution < -0.4 is 0 Å². The highest BCUT2D eigenvalue weighted by Crippen LogP contribution is 2.31. The molecule has 0 radical (unpaired) electrons. The molecule has 124 valence electrons. The summed E-state index contributed by atoms with van der Waals surface area (Å²) in [5.41, 5.74) is 2.24. The van der Waals surface area contributed by atoms with Gasteiger partial charge < -0.3 is 14.5 Å². The number of amides is 2. The van der Waals surface area contributed by atoms with Crippen LogP contribution in [0.3, 0.4) is 0 Å². The van der Waals surface area contributed by atoms with Gasteiger partial charge in [0, 0.05) is 38.2 Å². The predicted molar refractivity (Wildman–Crippen MR) is 85.1 cm³/mol. The molecular formula is C16H21N3O3S. The molecule has 0 saturated carbocycles. The van der Waals surface area contributed by atoms with Crippen LogP contribution in [-0.2, 0) is 9.53 Å². The molecule has 3 aliphatic rings. The average Bonchev–Trinajstić information content (AvgIpc) is 3.25. The van der Waals surface area contributed by atoms with E-state index in [9.17, 15) is 9.59 Å². The average molecular weight is 335 g/mol. The van der Waals surface area contributed by atoms with Gasteiger partial charge in [0.05, 0.1) is 18.0 Å². The number of hydrogen-bond acceptors (Lipinski definition) is 5. The lowest BCUT2D eigenvalue weighted by Crippen LogP contribution is -2.56. The Bertz CT molecular complexity index is 571. The summed E-state index contributed by atoms with van der Waals surface area (Å²) in [5, 5.41) is 1.81. The number of likely N-dealkylation sites (tertiary alicyclic amines) is 2. The summed E-state index contributed by atoms with van der Waals surface area (Å²) in [4.78, 5) is 33.2. The first kappa shape index (κ1) is 15.1. The van der Waals surface area contributed by atoms with Crippen molar-refractivity contribution < 1.29 is 14.3 Å². The minimum atomic E-state index is 0.0323. The van der Waals surface area contributed by atoms with Gasteiger partial charge >= 0.3 is 0 Å². The highest BCUT2D eigenvalue weighted by atomic mass is 32.1.